The number of rotatable bonds is 5. The number of hydrogen-bond acceptors (Lipinski definition) is 4. The van der Waals surface area contributed by atoms with Gasteiger partial charge in [-0.3, -0.25) is 4.79 Å². The van der Waals surface area contributed by atoms with Crippen molar-refractivity contribution in [3.63, 3.8) is 0 Å². The predicted octanol–water partition coefficient (Wildman–Crippen LogP) is 2.12. The Morgan fingerprint density at radius 3 is 2.52 bits per heavy atom. The average Bonchev–Trinajstić information content (AvgIpc) is 3.01. The lowest BCUT2D eigenvalue weighted by Gasteiger charge is -2.41. The summed E-state index contributed by atoms with van der Waals surface area (Å²) in [5.41, 5.74) is 0.209. The number of carbonyl (C=O) groups excluding carboxylic acids is 1. The normalized spacial score (nSPS) is 21.5. The van der Waals surface area contributed by atoms with Crippen molar-refractivity contribution in [1.82, 2.24) is 4.31 Å². The van der Waals surface area contributed by atoms with Crippen LogP contribution in [-0.2, 0) is 26.0 Å². The highest BCUT2D eigenvalue weighted by molar-refractivity contribution is 7.89. The molecule has 23 heavy (non-hydrogen) atoms. The molecule has 1 aromatic carbocycles. The summed E-state index contributed by atoms with van der Waals surface area (Å²) < 4.78 is 32.2. The Bertz CT molecular complexity index is 650. The van der Waals surface area contributed by atoms with Gasteiger partial charge in [-0.05, 0) is 31.2 Å². The van der Waals surface area contributed by atoms with E-state index in [4.69, 9.17) is 4.74 Å². The maximum absolute atomic E-state index is 12.8. The largest absolute Gasteiger partial charge is 0.463 e. The number of cyclic esters (lactones) is 1. The van der Waals surface area contributed by atoms with Crippen molar-refractivity contribution < 1.29 is 17.9 Å². The summed E-state index contributed by atoms with van der Waals surface area (Å²) in [6, 6.07) is 9.87. The van der Waals surface area contributed by atoms with E-state index in [0.717, 1.165) is 24.8 Å². The third-order valence-corrected chi connectivity index (χ3v) is 6.87. The van der Waals surface area contributed by atoms with E-state index in [9.17, 15) is 13.2 Å². The zero-order valence-electron chi connectivity index (χ0n) is 13.2. The van der Waals surface area contributed by atoms with Crippen LogP contribution in [0.3, 0.4) is 0 Å². The Kier molecular flexibility index (Phi) is 4.73. The van der Waals surface area contributed by atoms with Gasteiger partial charge in [-0.25, -0.2) is 8.42 Å². The molecule has 0 atom stereocenters. The Balaban J connectivity index is 1.69. The highest BCUT2D eigenvalue weighted by Crippen LogP contribution is 2.40. The molecule has 0 aromatic heterocycles. The van der Waals surface area contributed by atoms with E-state index in [1.807, 2.05) is 30.3 Å². The van der Waals surface area contributed by atoms with Crippen molar-refractivity contribution in [2.24, 2.45) is 0 Å². The Hall–Kier alpha value is -1.40. The summed E-state index contributed by atoms with van der Waals surface area (Å²) in [5.74, 6) is -0.274. The third kappa shape index (κ3) is 3.28. The molecule has 2 aliphatic rings. The monoisotopic (exact) mass is 337 g/mol. The molecule has 126 valence electrons. The van der Waals surface area contributed by atoms with E-state index < -0.39 is 15.6 Å². The van der Waals surface area contributed by atoms with Gasteiger partial charge in [-0.15, -0.1) is 0 Å². The Morgan fingerprint density at radius 1 is 1.13 bits per heavy atom. The summed E-state index contributed by atoms with van der Waals surface area (Å²) in [4.78, 5) is 12.2. The molecule has 1 saturated heterocycles. The zero-order chi connectivity index (χ0) is 16.3. The standard InChI is InChI=1S/C17H23NO4S/c19-16-17(10-4-5-11-17)18(12-13-22-16)23(20,21)14-6-9-15-7-2-1-3-8-15/h1-3,7-8H,4-6,9-14H2. The lowest BCUT2D eigenvalue weighted by molar-refractivity contribution is -0.162. The van der Waals surface area contributed by atoms with Crippen LogP contribution in [0, 0.1) is 0 Å². The molecule has 1 saturated carbocycles. The highest BCUT2D eigenvalue weighted by atomic mass is 32.2. The van der Waals surface area contributed by atoms with Crippen molar-refractivity contribution in [2.75, 3.05) is 18.9 Å². The molecule has 3 rings (SSSR count). The molecule has 0 radical (unpaired) electrons. The fraction of sp³-hybridized carbons (Fsp3) is 0.588. The van der Waals surface area contributed by atoms with Gasteiger partial charge in [0.25, 0.3) is 0 Å². The lowest BCUT2D eigenvalue weighted by Crippen LogP contribution is -2.60. The minimum Gasteiger partial charge on any atom is -0.463 e. The van der Waals surface area contributed by atoms with Crippen LogP contribution in [0.4, 0.5) is 0 Å². The number of esters is 1. The fourth-order valence-electron chi connectivity index (χ4n) is 3.70. The molecule has 1 aliphatic carbocycles. The van der Waals surface area contributed by atoms with Crippen LogP contribution in [0.15, 0.2) is 30.3 Å². The van der Waals surface area contributed by atoms with Crippen LogP contribution in [0.1, 0.15) is 37.7 Å². The van der Waals surface area contributed by atoms with Gasteiger partial charge in [-0.2, -0.15) is 4.31 Å². The van der Waals surface area contributed by atoms with Crippen LogP contribution in [0.5, 0.6) is 0 Å². The van der Waals surface area contributed by atoms with Gasteiger partial charge in [0.05, 0.1) is 5.75 Å². The molecule has 5 nitrogen and oxygen atoms in total. The van der Waals surface area contributed by atoms with Gasteiger partial charge in [0.1, 0.15) is 12.1 Å². The number of benzene rings is 1. The van der Waals surface area contributed by atoms with Crippen LogP contribution in [0.25, 0.3) is 0 Å². The first-order valence-corrected chi connectivity index (χ1v) is 9.87. The average molecular weight is 337 g/mol. The summed E-state index contributed by atoms with van der Waals surface area (Å²) in [7, 11) is -3.45. The van der Waals surface area contributed by atoms with Crippen LogP contribution < -0.4 is 0 Å². The molecule has 1 heterocycles. The van der Waals surface area contributed by atoms with Gasteiger partial charge in [0.15, 0.2) is 0 Å². The minimum atomic E-state index is -3.45. The van der Waals surface area contributed by atoms with E-state index >= 15 is 0 Å². The number of sulfonamides is 1. The number of morpholine rings is 1. The molecule has 0 amide bonds. The summed E-state index contributed by atoms with van der Waals surface area (Å²) >= 11 is 0. The van der Waals surface area contributed by atoms with Crippen LogP contribution >= 0.6 is 0 Å². The molecular formula is C17H23NO4S. The van der Waals surface area contributed by atoms with Gasteiger partial charge in [0.2, 0.25) is 10.0 Å². The lowest BCUT2D eigenvalue weighted by atomic mass is 9.97. The first-order chi connectivity index (χ1) is 11.0. The van der Waals surface area contributed by atoms with Gasteiger partial charge in [-0.1, -0.05) is 43.2 Å². The van der Waals surface area contributed by atoms with Crippen molar-refractivity contribution in [1.29, 1.82) is 0 Å². The fourth-order valence-corrected chi connectivity index (χ4v) is 5.58. The Labute approximate surface area is 137 Å². The molecule has 0 bridgehead atoms. The summed E-state index contributed by atoms with van der Waals surface area (Å²) in [5, 5.41) is 0. The minimum absolute atomic E-state index is 0.0803. The Morgan fingerprint density at radius 2 is 1.83 bits per heavy atom. The topological polar surface area (TPSA) is 63.7 Å². The highest BCUT2D eigenvalue weighted by Gasteiger charge is 2.53. The molecular weight excluding hydrogens is 314 g/mol. The van der Waals surface area contributed by atoms with Crippen LogP contribution in [-0.4, -0.2) is 43.1 Å². The molecule has 1 aliphatic heterocycles. The zero-order valence-corrected chi connectivity index (χ0v) is 14.1. The van der Waals surface area contributed by atoms with Gasteiger partial charge in [0, 0.05) is 6.54 Å². The molecule has 6 heteroatoms. The molecule has 2 fully saturated rings. The first kappa shape index (κ1) is 16.5. The van der Waals surface area contributed by atoms with E-state index in [1.54, 1.807) is 0 Å². The predicted molar refractivity (Wildman–Crippen MR) is 87.4 cm³/mol. The number of aryl methyl sites for hydroxylation is 1. The second-order valence-electron chi connectivity index (χ2n) is 6.35. The SMILES string of the molecule is O=C1OCCN(S(=O)(=O)CCCc2ccccc2)C12CCCC2. The van der Waals surface area contributed by atoms with E-state index in [1.165, 1.54) is 4.31 Å². The van der Waals surface area contributed by atoms with Gasteiger partial charge < -0.3 is 4.74 Å². The number of nitrogens with zero attached hydrogens (tertiary/aromatic N) is 1. The smallest absolute Gasteiger partial charge is 0.327 e. The molecule has 1 spiro atoms. The third-order valence-electron chi connectivity index (χ3n) is 4.86. The van der Waals surface area contributed by atoms with E-state index in [0.29, 0.717) is 25.8 Å². The number of ether oxygens (including phenoxy) is 1. The maximum Gasteiger partial charge on any atom is 0.327 e. The van der Waals surface area contributed by atoms with Crippen molar-refractivity contribution in [2.45, 2.75) is 44.1 Å². The van der Waals surface area contributed by atoms with E-state index in [-0.39, 0.29) is 18.3 Å². The van der Waals surface area contributed by atoms with Crippen LogP contribution in [0.2, 0.25) is 0 Å². The molecule has 0 N–H and O–H groups in total. The van der Waals surface area contributed by atoms with Crippen molar-refractivity contribution in [3.8, 4) is 0 Å². The number of hydrogen-bond donors (Lipinski definition) is 0. The molecule has 1 aromatic rings. The van der Waals surface area contributed by atoms with Gasteiger partial charge >= 0.3 is 5.97 Å². The summed E-state index contributed by atoms with van der Waals surface area (Å²) in [6.07, 6.45) is 4.23. The second kappa shape index (κ2) is 6.61. The van der Waals surface area contributed by atoms with Crippen molar-refractivity contribution in [3.05, 3.63) is 35.9 Å². The van der Waals surface area contributed by atoms with E-state index in [2.05, 4.69) is 0 Å². The van der Waals surface area contributed by atoms with Crippen molar-refractivity contribution >= 4 is 16.0 Å². The quantitative estimate of drug-likeness (QED) is 0.772. The second-order valence-corrected chi connectivity index (χ2v) is 8.36. The maximum atomic E-state index is 12.8. The molecule has 0 unspecified atom stereocenters. The summed E-state index contributed by atoms with van der Waals surface area (Å²) in [6.45, 7) is 0.456. The number of carbonyl (C=O) groups is 1. The first-order valence-electron chi connectivity index (χ1n) is 8.26.